The topological polar surface area (TPSA) is 160 Å². The summed E-state index contributed by atoms with van der Waals surface area (Å²) in [5.41, 5.74) is -6.40. The van der Waals surface area contributed by atoms with E-state index in [0.29, 0.717) is 12.8 Å². The van der Waals surface area contributed by atoms with Crippen molar-refractivity contribution in [3.05, 3.63) is 11.6 Å². The third-order valence-electron chi connectivity index (χ3n) is 9.09. The van der Waals surface area contributed by atoms with Crippen LogP contribution in [0.5, 0.6) is 0 Å². The van der Waals surface area contributed by atoms with E-state index in [1.54, 1.807) is 20.8 Å². The molecule has 10 heteroatoms. The van der Waals surface area contributed by atoms with E-state index in [1.807, 2.05) is 0 Å². The van der Waals surface area contributed by atoms with Crippen molar-refractivity contribution >= 4 is 17.9 Å². The second kappa shape index (κ2) is 7.25. The smallest absolute Gasteiger partial charge is 0.333 e. The van der Waals surface area contributed by atoms with E-state index in [0.717, 1.165) is 13.0 Å². The van der Waals surface area contributed by atoms with Crippen LogP contribution in [0.2, 0.25) is 0 Å². The molecule has 0 aromatic carbocycles. The van der Waals surface area contributed by atoms with Gasteiger partial charge in [0.2, 0.25) is 5.79 Å². The fourth-order valence-electron chi connectivity index (χ4n) is 7.65. The summed E-state index contributed by atoms with van der Waals surface area (Å²) in [7, 11) is 0. The van der Waals surface area contributed by atoms with Gasteiger partial charge in [-0.05, 0) is 31.1 Å². The molecule has 10 nitrogen and oxygen atoms in total. The van der Waals surface area contributed by atoms with Crippen LogP contribution in [-0.4, -0.2) is 73.6 Å². The van der Waals surface area contributed by atoms with Crippen LogP contribution < -0.4 is 0 Å². The van der Waals surface area contributed by atoms with Gasteiger partial charge in [0.25, 0.3) is 0 Å². The molecular weight excluding hydrogens is 448 g/mol. The van der Waals surface area contributed by atoms with E-state index in [1.165, 1.54) is 13.8 Å². The molecule has 3 saturated carbocycles. The number of carbonyl (C=O) groups is 3. The van der Waals surface area contributed by atoms with Gasteiger partial charge >= 0.3 is 17.9 Å². The van der Waals surface area contributed by atoms with Gasteiger partial charge in [0.05, 0.1) is 5.60 Å². The molecule has 9 atom stereocenters. The normalized spacial score (nSPS) is 49.1. The highest BCUT2D eigenvalue weighted by Gasteiger charge is 2.79. The maximum absolute atomic E-state index is 12.5. The summed E-state index contributed by atoms with van der Waals surface area (Å²) in [5.74, 6) is -6.35. The number of aliphatic hydroxyl groups is 4. The lowest BCUT2D eigenvalue weighted by Gasteiger charge is -2.71. The standard InChI is InChI=1S/C24H34O10/c1-11(25)32-15-7-8-20(3,4)24(31)19(33-12(2)26)18(28)17-13(21(15,24)5)10-23(30)14(22(17,6)29)9-16(27)34-23/h9,13,15,17-19,28-31H,7-8,10H2,1-6H3. The summed E-state index contributed by atoms with van der Waals surface area (Å²) in [6.45, 7) is 8.95. The molecule has 0 spiro atoms. The Balaban J connectivity index is 2.00. The number of hydrogen-bond acceptors (Lipinski definition) is 10. The minimum absolute atomic E-state index is 0.111. The number of fused-ring (bicyclic) bond motifs is 4. The molecular formula is C24H34O10. The van der Waals surface area contributed by atoms with Crippen molar-refractivity contribution in [3.63, 3.8) is 0 Å². The molecule has 190 valence electrons. The number of aliphatic hydroxyl groups excluding tert-OH is 1. The molecule has 0 amide bonds. The maximum atomic E-state index is 12.5. The van der Waals surface area contributed by atoms with Crippen LogP contribution in [0.4, 0.5) is 0 Å². The quantitative estimate of drug-likeness (QED) is 0.319. The van der Waals surface area contributed by atoms with E-state index in [2.05, 4.69) is 0 Å². The zero-order chi connectivity index (χ0) is 25.6. The Morgan fingerprint density at radius 1 is 1.06 bits per heavy atom. The van der Waals surface area contributed by atoms with E-state index in [4.69, 9.17) is 14.2 Å². The van der Waals surface area contributed by atoms with Gasteiger partial charge in [-0.2, -0.15) is 0 Å². The molecule has 4 N–H and O–H groups in total. The fraction of sp³-hybridized carbons (Fsp3) is 0.792. The Bertz CT molecular complexity index is 969. The van der Waals surface area contributed by atoms with Gasteiger partial charge in [0.1, 0.15) is 17.8 Å². The minimum atomic E-state index is -2.16. The molecule has 1 aliphatic heterocycles. The highest BCUT2D eigenvalue weighted by molar-refractivity contribution is 5.87. The molecule has 3 fully saturated rings. The van der Waals surface area contributed by atoms with Crippen molar-refractivity contribution in [2.24, 2.45) is 22.7 Å². The Hall–Kier alpha value is -2.01. The molecule has 0 aromatic rings. The number of esters is 3. The fourth-order valence-corrected chi connectivity index (χ4v) is 7.65. The van der Waals surface area contributed by atoms with Crippen molar-refractivity contribution in [1.82, 2.24) is 0 Å². The number of rotatable bonds is 2. The first kappa shape index (κ1) is 25.1. The zero-order valence-electron chi connectivity index (χ0n) is 20.3. The number of ether oxygens (including phenoxy) is 3. The van der Waals surface area contributed by atoms with Crippen LogP contribution in [0.1, 0.15) is 60.8 Å². The van der Waals surface area contributed by atoms with Gasteiger partial charge < -0.3 is 34.6 Å². The summed E-state index contributed by atoms with van der Waals surface area (Å²) in [5, 5.41) is 47.1. The van der Waals surface area contributed by atoms with E-state index < -0.39 is 75.9 Å². The molecule has 34 heavy (non-hydrogen) atoms. The molecule has 0 bridgehead atoms. The first-order valence-electron chi connectivity index (χ1n) is 11.6. The second-order valence-corrected chi connectivity index (χ2v) is 11.3. The first-order chi connectivity index (χ1) is 15.4. The predicted octanol–water partition coefficient (Wildman–Crippen LogP) is 0.341. The van der Waals surface area contributed by atoms with Gasteiger partial charge in [-0.25, -0.2) is 4.79 Å². The Morgan fingerprint density at radius 3 is 2.21 bits per heavy atom. The second-order valence-electron chi connectivity index (χ2n) is 11.3. The highest BCUT2D eigenvalue weighted by atomic mass is 16.7. The molecule has 4 rings (SSSR count). The third-order valence-corrected chi connectivity index (χ3v) is 9.09. The molecule has 9 unspecified atom stereocenters. The van der Waals surface area contributed by atoms with Gasteiger partial charge in [0, 0.05) is 43.3 Å². The minimum Gasteiger partial charge on any atom is -0.462 e. The Labute approximate surface area is 197 Å². The summed E-state index contributed by atoms with van der Waals surface area (Å²) < 4.78 is 16.4. The number of carbonyl (C=O) groups excluding carboxylic acids is 3. The van der Waals surface area contributed by atoms with Gasteiger partial charge in [-0.1, -0.05) is 20.8 Å². The highest BCUT2D eigenvalue weighted by Crippen LogP contribution is 2.69. The average molecular weight is 483 g/mol. The first-order valence-corrected chi connectivity index (χ1v) is 11.6. The van der Waals surface area contributed by atoms with Gasteiger partial charge in [0.15, 0.2) is 6.10 Å². The van der Waals surface area contributed by atoms with E-state index in [9.17, 15) is 34.8 Å². The van der Waals surface area contributed by atoms with E-state index >= 15 is 0 Å². The van der Waals surface area contributed by atoms with Gasteiger partial charge in [-0.3, -0.25) is 9.59 Å². The van der Waals surface area contributed by atoms with Crippen molar-refractivity contribution in [2.45, 2.75) is 96.1 Å². The monoisotopic (exact) mass is 482 g/mol. The average Bonchev–Trinajstić information content (AvgIpc) is 3.00. The summed E-state index contributed by atoms with van der Waals surface area (Å²) in [6.07, 6.45) is -2.49. The third kappa shape index (κ3) is 2.98. The molecule has 0 radical (unpaired) electrons. The largest absolute Gasteiger partial charge is 0.462 e. The van der Waals surface area contributed by atoms with Crippen molar-refractivity contribution in [1.29, 1.82) is 0 Å². The van der Waals surface area contributed by atoms with Crippen LogP contribution in [0.15, 0.2) is 11.6 Å². The lowest BCUT2D eigenvalue weighted by molar-refractivity contribution is -0.361. The van der Waals surface area contributed by atoms with Crippen LogP contribution >= 0.6 is 0 Å². The summed E-state index contributed by atoms with van der Waals surface area (Å²) in [4.78, 5) is 36.3. The Kier molecular flexibility index (Phi) is 5.35. The predicted molar refractivity (Wildman–Crippen MR) is 115 cm³/mol. The molecule has 4 aliphatic rings. The van der Waals surface area contributed by atoms with Crippen molar-refractivity contribution in [3.8, 4) is 0 Å². The zero-order valence-corrected chi connectivity index (χ0v) is 20.3. The van der Waals surface area contributed by atoms with Crippen LogP contribution in [0.3, 0.4) is 0 Å². The molecule has 3 aliphatic carbocycles. The molecule has 0 saturated heterocycles. The van der Waals surface area contributed by atoms with E-state index in [-0.39, 0.29) is 12.0 Å². The van der Waals surface area contributed by atoms with Gasteiger partial charge in [-0.15, -0.1) is 0 Å². The van der Waals surface area contributed by atoms with Crippen molar-refractivity contribution in [2.75, 3.05) is 0 Å². The summed E-state index contributed by atoms with van der Waals surface area (Å²) in [6, 6.07) is 0. The SMILES string of the molecule is CC(=O)OC1CCC(C)(C)C2(O)C(OC(C)=O)C(O)C3C(CC4(O)OC(=O)C=C4C3(C)O)C12C. The lowest BCUT2D eigenvalue weighted by atomic mass is 9.38. The molecule has 0 aromatic heterocycles. The maximum Gasteiger partial charge on any atom is 0.333 e. The number of hydrogen-bond donors (Lipinski definition) is 4. The molecule has 1 heterocycles. The van der Waals surface area contributed by atoms with Crippen LogP contribution in [-0.2, 0) is 28.6 Å². The van der Waals surface area contributed by atoms with Crippen LogP contribution in [0, 0.1) is 22.7 Å². The summed E-state index contributed by atoms with van der Waals surface area (Å²) >= 11 is 0. The Morgan fingerprint density at radius 2 is 1.65 bits per heavy atom. The lowest BCUT2D eigenvalue weighted by Crippen LogP contribution is -2.82. The van der Waals surface area contributed by atoms with Crippen LogP contribution in [0.25, 0.3) is 0 Å². The van der Waals surface area contributed by atoms with Crippen molar-refractivity contribution < 1.29 is 49.0 Å².